The highest BCUT2D eigenvalue weighted by atomic mass is 35.5. The molecule has 0 radical (unpaired) electrons. The molecule has 1 aromatic rings. The van der Waals surface area contributed by atoms with Crippen LogP contribution in [0.5, 0.6) is 0 Å². The molecule has 0 bridgehead atoms. The molecule has 3 nitrogen and oxygen atoms in total. The summed E-state index contributed by atoms with van der Waals surface area (Å²) < 4.78 is 12.9. The van der Waals surface area contributed by atoms with Gasteiger partial charge in [-0.3, -0.25) is 9.59 Å². The van der Waals surface area contributed by atoms with Gasteiger partial charge in [0.05, 0.1) is 16.7 Å². The molecule has 0 aliphatic rings. The summed E-state index contributed by atoms with van der Waals surface area (Å²) in [6, 6.07) is 3.37. The third kappa shape index (κ3) is 1.78. The van der Waals surface area contributed by atoms with Gasteiger partial charge >= 0.3 is 0 Å². The summed E-state index contributed by atoms with van der Waals surface area (Å²) in [7, 11) is 0. The van der Waals surface area contributed by atoms with Crippen molar-refractivity contribution in [3.8, 4) is 6.07 Å². The second-order valence-corrected chi connectivity index (χ2v) is 2.77. The van der Waals surface area contributed by atoms with Crippen molar-refractivity contribution < 1.29 is 14.0 Å². The summed E-state index contributed by atoms with van der Waals surface area (Å²) in [4.78, 5) is 21.1. The Bertz CT molecular complexity index is 451. The Morgan fingerprint density at radius 2 is 2.21 bits per heavy atom. The molecular weight excluding hydrogens is 209 g/mol. The van der Waals surface area contributed by atoms with E-state index < -0.39 is 11.1 Å². The molecule has 0 aliphatic carbocycles. The lowest BCUT2D eigenvalue weighted by molar-refractivity contribution is 0.108. The van der Waals surface area contributed by atoms with Crippen molar-refractivity contribution in [2.75, 3.05) is 0 Å². The fraction of sp³-hybridized carbons (Fsp3) is 0. The smallest absolute Gasteiger partial charge is 0.253 e. The maximum absolute atomic E-state index is 12.9. The van der Waals surface area contributed by atoms with E-state index in [1.165, 1.54) is 0 Å². The highest BCUT2D eigenvalue weighted by Crippen LogP contribution is 2.16. The highest BCUT2D eigenvalue weighted by molar-refractivity contribution is 6.68. The number of aldehydes is 1. The lowest BCUT2D eigenvalue weighted by Gasteiger charge is -2.00. The summed E-state index contributed by atoms with van der Waals surface area (Å²) in [5.74, 6) is -0.849. The maximum atomic E-state index is 12.9. The molecule has 0 saturated heterocycles. The molecule has 0 fully saturated rings. The standard InChI is InChI=1S/C9H3ClFNO2/c10-9(14)7-1-6(4-13)8(11)2-5(7)3-12/h1-2,4H. The third-order valence-corrected chi connectivity index (χ3v) is 1.80. The van der Waals surface area contributed by atoms with Crippen LogP contribution in [0.3, 0.4) is 0 Å². The first-order valence-electron chi connectivity index (χ1n) is 3.48. The SMILES string of the molecule is N#Cc1cc(F)c(C=O)cc1C(=O)Cl. The number of hydrogen-bond donors (Lipinski definition) is 0. The van der Waals surface area contributed by atoms with Crippen molar-refractivity contribution in [1.82, 2.24) is 0 Å². The topological polar surface area (TPSA) is 57.9 Å². The maximum Gasteiger partial charge on any atom is 0.253 e. The molecule has 0 atom stereocenters. The normalized spacial score (nSPS) is 9.21. The van der Waals surface area contributed by atoms with Crippen LogP contribution >= 0.6 is 11.6 Å². The van der Waals surface area contributed by atoms with Crippen molar-refractivity contribution in [3.63, 3.8) is 0 Å². The average molecular weight is 212 g/mol. The van der Waals surface area contributed by atoms with Gasteiger partial charge in [0, 0.05) is 0 Å². The molecule has 0 spiro atoms. The monoisotopic (exact) mass is 211 g/mol. The molecule has 0 heterocycles. The number of carbonyl (C=O) groups is 2. The van der Waals surface area contributed by atoms with Gasteiger partial charge in [0.1, 0.15) is 11.9 Å². The summed E-state index contributed by atoms with van der Waals surface area (Å²) in [5.41, 5.74) is -0.654. The predicted molar refractivity (Wildman–Crippen MR) is 46.7 cm³/mol. The summed E-state index contributed by atoms with van der Waals surface area (Å²) in [6.45, 7) is 0. The van der Waals surface area contributed by atoms with Crippen molar-refractivity contribution in [3.05, 3.63) is 34.6 Å². The quantitative estimate of drug-likeness (QED) is 0.554. The van der Waals surface area contributed by atoms with E-state index in [4.69, 9.17) is 16.9 Å². The lowest BCUT2D eigenvalue weighted by Crippen LogP contribution is -1.99. The second kappa shape index (κ2) is 3.99. The molecule has 5 heteroatoms. The fourth-order valence-electron chi connectivity index (χ4n) is 0.935. The molecule has 1 rings (SSSR count). The molecule has 1 aromatic carbocycles. The number of nitrogens with zero attached hydrogens (tertiary/aromatic N) is 1. The number of benzene rings is 1. The van der Waals surface area contributed by atoms with E-state index in [0.29, 0.717) is 0 Å². The van der Waals surface area contributed by atoms with Crippen LogP contribution in [0.1, 0.15) is 26.3 Å². The minimum Gasteiger partial charge on any atom is -0.298 e. The molecule has 0 aromatic heterocycles. The number of carbonyl (C=O) groups excluding carboxylic acids is 2. The van der Waals surface area contributed by atoms with Crippen molar-refractivity contribution in [2.24, 2.45) is 0 Å². The van der Waals surface area contributed by atoms with Gasteiger partial charge in [0.15, 0.2) is 6.29 Å². The molecule has 14 heavy (non-hydrogen) atoms. The Morgan fingerprint density at radius 1 is 1.57 bits per heavy atom. The van der Waals surface area contributed by atoms with Crippen LogP contribution in [0.15, 0.2) is 12.1 Å². The summed E-state index contributed by atoms with van der Waals surface area (Å²) in [5, 5.41) is 7.64. The van der Waals surface area contributed by atoms with Crippen LogP contribution in [-0.4, -0.2) is 11.5 Å². The highest BCUT2D eigenvalue weighted by Gasteiger charge is 2.13. The van der Waals surface area contributed by atoms with Crippen LogP contribution < -0.4 is 0 Å². The predicted octanol–water partition coefficient (Wildman–Crippen LogP) is 1.89. The van der Waals surface area contributed by atoms with Gasteiger partial charge in [-0.15, -0.1) is 0 Å². The Morgan fingerprint density at radius 3 is 2.64 bits per heavy atom. The van der Waals surface area contributed by atoms with Crippen molar-refractivity contribution in [2.45, 2.75) is 0 Å². The molecule has 0 aliphatic heterocycles. The largest absolute Gasteiger partial charge is 0.298 e. The zero-order valence-electron chi connectivity index (χ0n) is 6.75. The van der Waals surface area contributed by atoms with Crippen molar-refractivity contribution in [1.29, 1.82) is 5.26 Å². The molecule has 70 valence electrons. The molecular formula is C9H3ClFNO2. The van der Waals surface area contributed by atoms with Crippen LogP contribution in [-0.2, 0) is 0 Å². The van der Waals surface area contributed by atoms with Crippen LogP contribution in [0, 0.1) is 17.1 Å². The van der Waals surface area contributed by atoms with E-state index in [0.717, 1.165) is 12.1 Å². The Balaban J connectivity index is 3.49. The number of rotatable bonds is 2. The zero-order valence-corrected chi connectivity index (χ0v) is 7.51. The van der Waals surface area contributed by atoms with Gasteiger partial charge in [-0.25, -0.2) is 4.39 Å². The van der Waals surface area contributed by atoms with Gasteiger partial charge < -0.3 is 0 Å². The second-order valence-electron chi connectivity index (χ2n) is 2.42. The van der Waals surface area contributed by atoms with Crippen LogP contribution in [0.25, 0.3) is 0 Å². The first kappa shape index (κ1) is 10.4. The van der Waals surface area contributed by atoms with E-state index >= 15 is 0 Å². The van der Waals surface area contributed by atoms with E-state index in [1.54, 1.807) is 6.07 Å². The van der Waals surface area contributed by atoms with E-state index in [9.17, 15) is 14.0 Å². The molecule has 0 amide bonds. The molecule has 0 saturated carbocycles. The fourth-order valence-corrected chi connectivity index (χ4v) is 1.09. The summed E-state index contributed by atoms with van der Waals surface area (Å²) >= 11 is 5.14. The number of hydrogen-bond acceptors (Lipinski definition) is 3. The van der Waals surface area contributed by atoms with Crippen molar-refractivity contribution >= 4 is 23.1 Å². The zero-order chi connectivity index (χ0) is 10.7. The van der Waals surface area contributed by atoms with Gasteiger partial charge in [-0.1, -0.05) is 0 Å². The summed E-state index contributed by atoms with van der Waals surface area (Å²) in [6.07, 6.45) is 0.250. The number of nitriles is 1. The minimum absolute atomic E-state index is 0.169. The molecule has 0 unspecified atom stereocenters. The first-order valence-corrected chi connectivity index (χ1v) is 3.86. The minimum atomic E-state index is -0.898. The van der Waals surface area contributed by atoms with Crippen LogP contribution in [0.2, 0.25) is 0 Å². The van der Waals surface area contributed by atoms with Gasteiger partial charge in [-0.2, -0.15) is 5.26 Å². The molecule has 0 N–H and O–H groups in total. The Kier molecular flexibility index (Phi) is 2.95. The Labute approximate surface area is 83.7 Å². The first-order chi connectivity index (χ1) is 6.60. The van der Waals surface area contributed by atoms with E-state index in [2.05, 4.69) is 0 Å². The van der Waals surface area contributed by atoms with E-state index in [-0.39, 0.29) is 23.0 Å². The third-order valence-electron chi connectivity index (χ3n) is 1.60. The van der Waals surface area contributed by atoms with Gasteiger partial charge in [0.2, 0.25) is 0 Å². The van der Waals surface area contributed by atoms with E-state index in [1.807, 2.05) is 0 Å². The number of halogens is 2. The van der Waals surface area contributed by atoms with Gasteiger partial charge in [-0.05, 0) is 23.7 Å². The Hall–Kier alpha value is -1.73. The van der Waals surface area contributed by atoms with Crippen LogP contribution in [0.4, 0.5) is 4.39 Å². The lowest BCUT2D eigenvalue weighted by atomic mass is 10.1. The average Bonchev–Trinajstić information content (AvgIpc) is 2.16. The van der Waals surface area contributed by atoms with Gasteiger partial charge in [0.25, 0.3) is 5.24 Å².